The van der Waals surface area contributed by atoms with Crippen molar-refractivity contribution in [3.05, 3.63) is 144 Å². The van der Waals surface area contributed by atoms with E-state index in [0.717, 1.165) is 30.1 Å². The summed E-state index contributed by atoms with van der Waals surface area (Å²) in [5, 5.41) is 0. The highest BCUT2D eigenvalue weighted by Gasteiger charge is 2.42. The first-order chi connectivity index (χ1) is 50.2. The molecule has 2 atom stereocenters. The zero-order chi connectivity index (χ0) is 69.6. The Balaban J connectivity index is -0.000000152. The van der Waals surface area contributed by atoms with Gasteiger partial charge in [-0.2, -0.15) is 0 Å². The smallest absolute Gasteiger partial charge is 0.0163 e. The Bertz CT molecular complexity index is 2220. The summed E-state index contributed by atoms with van der Waals surface area (Å²) >= 11 is 0. The Morgan fingerprint density at radius 1 is 0.171 bits per heavy atom. The van der Waals surface area contributed by atoms with Gasteiger partial charge in [0.15, 0.2) is 0 Å². The Morgan fingerprint density at radius 2 is 0.385 bits per heavy atom. The van der Waals surface area contributed by atoms with E-state index in [-0.39, 0.29) is 119 Å². The summed E-state index contributed by atoms with van der Waals surface area (Å²) in [6.45, 7) is 0. The molecule has 0 aliphatic heterocycles. The third kappa shape index (κ3) is 63.5. The first-order valence-electron chi connectivity index (χ1n) is 46.3. The largest absolute Gasteiger partial charge is 0.0885 e. The van der Waals surface area contributed by atoms with Crippen LogP contribution in [0, 0.1) is 59.2 Å². The van der Waals surface area contributed by atoms with E-state index >= 15 is 0 Å². The minimum atomic E-state index is 0. The standard InChI is InChI=1S/C10H16.C10H18.C10H12.C9H10.C7H12.C7H10.C7H14.C7H12.C6H12.C6H10.C5H10.C5H8.C5H6.C4H8.C3H6.16CH4/c1-7-2-9-4-8(1)5-10(3-7)6-9;2*1-2-6-10-8-4-3-7-9(10)5-1;1-2-5-9-7-3-6-8(9)4-1;2*1-2-7-4-3-6(1)5-7;2*1-2-4-6-7-5-3-1;2*1-2-4-6-5-3-1;3*1-2-4-5-3-1;1-2-4-3-1;1-2-3-1;;;;;;;;;;;;;;;;/h7-10H,1-6H2;9-10H,1-8H2;1-2,5-6H,3-4,7-8H2;1-2,4-5H,3,6-7H2;6-7H,1-5H2;1-2,6-7H,3-5H2;1-7H2;1-2H,3-7H2;1-6H2;1-2H,3-6H2;1-5H2;1-2H,3-5H2;1-4H,5H2;1-4H2;1-3H2;16*1H4. The van der Waals surface area contributed by atoms with Gasteiger partial charge in [-0.05, 0) is 268 Å². The van der Waals surface area contributed by atoms with Gasteiger partial charge in [-0.1, -0.05) is 484 Å². The lowest BCUT2D eigenvalue weighted by Crippen LogP contribution is -2.38. The second-order valence-electron chi connectivity index (χ2n) is 35.6. The van der Waals surface area contributed by atoms with Crippen molar-refractivity contribution >= 4 is 0 Å². The summed E-state index contributed by atoms with van der Waals surface area (Å²) in [5.41, 5.74) is 6.29. The highest BCUT2D eigenvalue weighted by atomic mass is 14.5. The van der Waals surface area contributed by atoms with Crippen LogP contribution in [0.2, 0.25) is 0 Å². The molecule has 21 aliphatic carbocycles. The van der Waals surface area contributed by atoms with Gasteiger partial charge in [0.05, 0.1) is 0 Å². The van der Waals surface area contributed by atoms with Gasteiger partial charge in [-0.15, -0.1) is 0 Å². The third-order valence-electron chi connectivity index (χ3n) is 26.5. The van der Waals surface area contributed by atoms with Crippen LogP contribution in [-0.4, -0.2) is 0 Å². The summed E-state index contributed by atoms with van der Waals surface area (Å²) in [6, 6.07) is 17.5. The van der Waals surface area contributed by atoms with Crippen molar-refractivity contribution < 1.29 is 0 Å². The molecule has 0 heteroatoms. The first-order valence-corrected chi connectivity index (χ1v) is 46.3. The Kier molecular flexibility index (Phi) is 101. The second-order valence-corrected chi connectivity index (χ2v) is 35.6. The fraction of sp³-hybridized carbons (Fsp3) is 0.795. The van der Waals surface area contributed by atoms with E-state index in [0.29, 0.717) is 0 Å². The molecule has 2 unspecified atom stereocenters. The highest BCUT2D eigenvalue weighted by Crippen LogP contribution is 2.53. The molecule has 2 aromatic rings. The quantitative estimate of drug-likeness (QED) is 0.182. The molecular weight excluding hydrogens is 1410 g/mol. The van der Waals surface area contributed by atoms with Crippen LogP contribution in [0.3, 0.4) is 0 Å². The zero-order valence-electron chi connectivity index (χ0n) is 66.7. The maximum atomic E-state index is 2.38. The molecule has 0 heterocycles. The Labute approximate surface area is 747 Å². The van der Waals surface area contributed by atoms with Crippen LogP contribution >= 0.6 is 0 Å². The van der Waals surface area contributed by atoms with Crippen LogP contribution in [0.25, 0.3) is 0 Å². The van der Waals surface area contributed by atoms with E-state index in [1.807, 2.05) is 0 Å². The lowest BCUT2D eigenvalue weighted by atomic mass is 9.56. The molecule has 8 bridgehead atoms. The van der Waals surface area contributed by atoms with Gasteiger partial charge < -0.3 is 0 Å². The lowest BCUT2D eigenvalue weighted by Gasteiger charge is -2.49. The summed E-state index contributed by atoms with van der Waals surface area (Å²) in [5.74, 6) is 11.3. The third-order valence-corrected chi connectivity index (χ3v) is 26.5. The van der Waals surface area contributed by atoms with Crippen LogP contribution < -0.4 is 0 Å². The maximum absolute atomic E-state index is 2.38. The van der Waals surface area contributed by atoms with Gasteiger partial charge in [0.2, 0.25) is 0 Å². The van der Waals surface area contributed by atoms with E-state index in [9.17, 15) is 0 Å². The molecule has 21 aliphatic rings. The van der Waals surface area contributed by atoms with Crippen LogP contribution in [0.5, 0.6) is 0 Å². The number of hydrogen-bond donors (Lipinski definition) is 0. The SMILES string of the molecule is C.C.C.C.C.C.C.C.C.C.C.C.C.C.C.C.C1=CC2CCC1C2.C1=CCC=C1.C1=CCCC1.C1=CCCCC1.C1=CCCCCC1.C1C2CC3CC1CC(C2)C3.C1CC1.C1CC2CCC1C2.C1CCC1.C1CCC2CCCCC2C1.C1CCCC1.C1CCCCC1.C1CCCCCC1.c1ccc2c(c1)CCC2.c1ccc2c(c1)CCCC2. The molecule has 23 rings (SSSR count). The van der Waals surface area contributed by atoms with Crippen molar-refractivity contribution in [1.82, 2.24) is 0 Å². The maximum Gasteiger partial charge on any atom is -0.0163 e. The van der Waals surface area contributed by atoms with E-state index < -0.39 is 0 Å². The normalized spacial score (nSPS) is 25.8. The summed E-state index contributed by atoms with van der Waals surface area (Å²) < 4.78 is 0. The van der Waals surface area contributed by atoms with Crippen LogP contribution in [0.15, 0.2) is 121 Å². The molecule has 696 valence electrons. The summed E-state index contributed by atoms with van der Waals surface area (Å²) in [6.07, 6.45) is 125. The molecule has 2 aromatic carbocycles. The second kappa shape index (κ2) is 89.2. The number of rotatable bonds is 0. The van der Waals surface area contributed by atoms with Gasteiger partial charge in [0.1, 0.15) is 0 Å². The van der Waals surface area contributed by atoms with Gasteiger partial charge >= 0.3 is 0 Å². The van der Waals surface area contributed by atoms with Crippen molar-refractivity contribution in [2.24, 2.45) is 59.2 Å². The molecule has 14 saturated carbocycles. The highest BCUT2D eigenvalue weighted by molar-refractivity contribution is 5.31. The fourth-order valence-electron chi connectivity index (χ4n) is 20.0. The molecule has 0 aromatic heterocycles. The predicted molar refractivity (Wildman–Crippen MR) is 556 cm³/mol. The van der Waals surface area contributed by atoms with E-state index in [2.05, 4.69) is 121 Å². The van der Waals surface area contributed by atoms with Crippen molar-refractivity contribution in [2.75, 3.05) is 0 Å². The molecular formula is C117H228. The number of aryl methyl sites for hydroxylation is 4. The monoisotopic (exact) mass is 1630 g/mol. The molecule has 0 spiro atoms. The first kappa shape index (κ1) is 132. The molecule has 0 nitrogen and oxygen atoms in total. The van der Waals surface area contributed by atoms with Crippen LogP contribution in [0.4, 0.5) is 0 Å². The minimum Gasteiger partial charge on any atom is -0.0885 e. The molecule has 117 heavy (non-hydrogen) atoms. The van der Waals surface area contributed by atoms with Gasteiger partial charge in [-0.25, -0.2) is 0 Å². The number of fused-ring (bicyclic) bond motifs is 7. The summed E-state index contributed by atoms with van der Waals surface area (Å²) in [7, 11) is 0. The zero-order valence-corrected chi connectivity index (χ0v) is 66.7. The molecule has 0 N–H and O–H groups in total. The van der Waals surface area contributed by atoms with Gasteiger partial charge in [0, 0.05) is 0 Å². The number of allylic oxidation sites excluding steroid dienone is 12. The topological polar surface area (TPSA) is 0 Å². The molecule has 0 amide bonds. The van der Waals surface area contributed by atoms with E-state index in [1.165, 1.54) is 363 Å². The van der Waals surface area contributed by atoms with Crippen molar-refractivity contribution in [2.45, 2.75) is 549 Å². The van der Waals surface area contributed by atoms with Gasteiger partial charge in [-0.3, -0.25) is 0 Å². The minimum absolute atomic E-state index is 0. The van der Waals surface area contributed by atoms with Crippen LogP contribution in [0.1, 0.15) is 546 Å². The lowest BCUT2D eigenvalue weighted by molar-refractivity contribution is 0.0198. The van der Waals surface area contributed by atoms with Crippen molar-refractivity contribution in [3.8, 4) is 0 Å². The molecule has 14 fully saturated rings. The van der Waals surface area contributed by atoms with Crippen molar-refractivity contribution in [3.63, 3.8) is 0 Å². The molecule has 0 saturated heterocycles. The average molecular weight is 1640 g/mol. The number of benzene rings is 2. The van der Waals surface area contributed by atoms with E-state index in [1.54, 1.807) is 119 Å². The Hall–Kier alpha value is -3.12. The average Bonchev–Trinajstić information content (AvgIpc) is 1.50. The molecule has 0 radical (unpaired) electrons. The van der Waals surface area contributed by atoms with E-state index in [4.69, 9.17) is 0 Å². The van der Waals surface area contributed by atoms with Crippen LogP contribution in [-0.2, 0) is 25.7 Å². The van der Waals surface area contributed by atoms with Crippen molar-refractivity contribution in [1.29, 1.82) is 0 Å². The summed E-state index contributed by atoms with van der Waals surface area (Å²) in [4.78, 5) is 0. The fourth-order valence-corrected chi connectivity index (χ4v) is 20.0. The Morgan fingerprint density at radius 3 is 0.564 bits per heavy atom. The number of hydrogen-bond acceptors (Lipinski definition) is 0. The van der Waals surface area contributed by atoms with Gasteiger partial charge in [0.25, 0.3) is 0 Å². The predicted octanol–water partition coefficient (Wildman–Crippen LogP) is 42.9.